The van der Waals surface area contributed by atoms with Gasteiger partial charge in [-0.25, -0.2) is 0 Å². The van der Waals surface area contributed by atoms with Crippen molar-refractivity contribution >= 4 is 23.6 Å². The quantitative estimate of drug-likeness (QED) is 0.666. The molecule has 0 bridgehead atoms. The molecule has 3 rings (SSSR count). The van der Waals surface area contributed by atoms with Crippen LogP contribution in [0.2, 0.25) is 0 Å². The van der Waals surface area contributed by atoms with Crippen molar-refractivity contribution in [2.75, 3.05) is 5.32 Å². The molecule has 0 aliphatic heterocycles. The van der Waals surface area contributed by atoms with E-state index in [4.69, 9.17) is 4.42 Å². The molecule has 1 fully saturated rings. The van der Waals surface area contributed by atoms with Crippen molar-refractivity contribution in [3.05, 3.63) is 59.1 Å². The predicted octanol–water partition coefficient (Wildman–Crippen LogP) is 2.31. The Hall–Kier alpha value is -3.33. The van der Waals surface area contributed by atoms with E-state index in [0.29, 0.717) is 17.6 Å². The first kappa shape index (κ1) is 16.5. The predicted molar refractivity (Wildman–Crippen MR) is 88.2 cm³/mol. The molecule has 1 N–H and O–H groups in total. The van der Waals surface area contributed by atoms with Gasteiger partial charge in [0.15, 0.2) is 0 Å². The average Bonchev–Trinajstić information content (AvgIpc) is 3.14. The third kappa shape index (κ3) is 3.61. The van der Waals surface area contributed by atoms with Crippen LogP contribution in [0, 0.1) is 17.2 Å². The average molecular weight is 335 g/mol. The number of carboxylic acid groups (broad SMARTS) is 1. The molecular formula is C19H15N2O4-. The van der Waals surface area contributed by atoms with Gasteiger partial charge in [0.25, 0.3) is 5.91 Å². The number of nitriles is 1. The number of hydrogen-bond acceptors (Lipinski definition) is 5. The molecule has 1 aliphatic carbocycles. The van der Waals surface area contributed by atoms with Crippen molar-refractivity contribution in [1.29, 1.82) is 5.26 Å². The SMILES string of the molecule is C[C@H]1C[C@@H]1c1ccc(/C=C(\C#N)C(=O)Nc2ccccc2C(=O)[O-])o1. The summed E-state index contributed by atoms with van der Waals surface area (Å²) in [7, 11) is 0. The number of aromatic carboxylic acids is 1. The smallest absolute Gasteiger partial charge is 0.266 e. The highest BCUT2D eigenvalue weighted by atomic mass is 16.4. The zero-order valence-corrected chi connectivity index (χ0v) is 13.5. The molecule has 6 heteroatoms. The topological polar surface area (TPSA) is 106 Å². The number of nitrogens with zero attached hydrogens (tertiary/aromatic N) is 1. The minimum atomic E-state index is -1.41. The van der Waals surface area contributed by atoms with Crippen LogP contribution < -0.4 is 10.4 Å². The molecule has 1 amide bonds. The number of rotatable bonds is 5. The van der Waals surface area contributed by atoms with Gasteiger partial charge in [0.1, 0.15) is 23.2 Å². The van der Waals surface area contributed by atoms with Crippen molar-refractivity contribution in [3.63, 3.8) is 0 Å². The van der Waals surface area contributed by atoms with Crippen molar-refractivity contribution in [3.8, 4) is 6.07 Å². The molecular weight excluding hydrogens is 320 g/mol. The fourth-order valence-electron chi connectivity index (χ4n) is 2.61. The molecule has 2 atom stereocenters. The summed E-state index contributed by atoms with van der Waals surface area (Å²) >= 11 is 0. The summed E-state index contributed by atoms with van der Waals surface area (Å²) in [5.41, 5.74) is -0.269. The third-order valence-electron chi connectivity index (χ3n) is 4.17. The molecule has 126 valence electrons. The van der Waals surface area contributed by atoms with Gasteiger partial charge in [0.2, 0.25) is 0 Å². The second kappa shape index (κ2) is 6.65. The first-order valence-electron chi connectivity index (χ1n) is 7.83. The van der Waals surface area contributed by atoms with Crippen molar-refractivity contribution in [2.45, 2.75) is 19.3 Å². The van der Waals surface area contributed by atoms with Gasteiger partial charge in [0, 0.05) is 17.6 Å². The lowest BCUT2D eigenvalue weighted by Gasteiger charge is -2.10. The Morgan fingerprint density at radius 2 is 2.04 bits per heavy atom. The number of carboxylic acids is 1. The summed E-state index contributed by atoms with van der Waals surface area (Å²) in [6.07, 6.45) is 2.41. The number of benzene rings is 1. The largest absolute Gasteiger partial charge is 0.545 e. The van der Waals surface area contributed by atoms with E-state index in [1.54, 1.807) is 12.1 Å². The summed E-state index contributed by atoms with van der Waals surface area (Å²) in [5.74, 6) is 0.119. The van der Waals surface area contributed by atoms with Crippen LogP contribution in [-0.2, 0) is 4.79 Å². The maximum atomic E-state index is 12.3. The van der Waals surface area contributed by atoms with Crippen LogP contribution in [0.4, 0.5) is 5.69 Å². The minimum absolute atomic E-state index is 0.0700. The first-order chi connectivity index (χ1) is 12.0. The molecule has 0 unspecified atom stereocenters. The fourth-order valence-corrected chi connectivity index (χ4v) is 2.61. The molecule has 1 aromatic carbocycles. The van der Waals surface area contributed by atoms with E-state index in [2.05, 4.69) is 12.2 Å². The van der Waals surface area contributed by atoms with Gasteiger partial charge < -0.3 is 19.6 Å². The van der Waals surface area contributed by atoms with Crippen LogP contribution in [0.15, 0.2) is 46.4 Å². The number of para-hydroxylation sites is 1. The van der Waals surface area contributed by atoms with Gasteiger partial charge in [0.05, 0.1) is 11.7 Å². The van der Waals surface area contributed by atoms with E-state index >= 15 is 0 Å². The maximum Gasteiger partial charge on any atom is 0.266 e. The van der Waals surface area contributed by atoms with Crippen molar-refractivity contribution < 1.29 is 19.1 Å². The molecule has 0 spiro atoms. The van der Waals surface area contributed by atoms with E-state index in [0.717, 1.165) is 12.2 Å². The molecule has 0 radical (unpaired) electrons. The Labute approximate surface area is 144 Å². The molecule has 1 saturated carbocycles. The normalized spacial score (nSPS) is 19.1. The van der Waals surface area contributed by atoms with Crippen LogP contribution in [0.3, 0.4) is 0 Å². The minimum Gasteiger partial charge on any atom is -0.545 e. The zero-order valence-electron chi connectivity index (χ0n) is 13.5. The molecule has 6 nitrogen and oxygen atoms in total. The monoisotopic (exact) mass is 335 g/mol. The summed E-state index contributed by atoms with van der Waals surface area (Å²) < 4.78 is 5.66. The summed E-state index contributed by atoms with van der Waals surface area (Å²) in [5, 5.41) is 22.7. The Kier molecular flexibility index (Phi) is 4.40. The van der Waals surface area contributed by atoms with Crippen molar-refractivity contribution in [1.82, 2.24) is 0 Å². The van der Waals surface area contributed by atoms with Gasteiger partial charge in [-0.15, -0.1) is 0 Å². The van der Waals surface area contributed by atoms with Crippen LogP contribution in [0.25, 0.3) is 6.08 Å². The third-order valence-corrected chi connectivity index (χ3v) is 4.17. The Morgan fingerprint density at radius 3 is 2.68 bits per heavy atom. The summed E-state index contributed by atoms with van der Waals surface area (Å²) in [6, 6.07) is 11.2. The fraction of sp³-hybridized carbons (Fsp3) is 0.211. The molecule has 1 heterocycles. The van der Waals surface area contributed by atoms with E-state index in [1.165, 1.54) is 24.3 Å². The standard InChI is InChI=1S/C19H16N2O4/c1-11-8-15(11)17-7-6-13(25-17)9-12(10-20)18(22)21-16-5-3-2-4-14(16)19(23)24/h2-7,9,11,15H,8H2,1H3,(H,21,22)(H,23,24)/p-1/b12-9+/t11-,15-/m0/s1. The lowest BCUT2D eigenvalue weighted by molar-refractivity contribution is -0.254. The first-order valence-corrected chi connectivity index (χ1v) is 7.83. The number of nitrogens with one attached hydrogen (secondary N) is 1. The highest BCUT2D eigenvalue weighted by Crippen LogP contribution is 2.47. The number of anilines is 1. The zero-order chi connectivity index (χ0) is 18.0. The van der Waals surface area contributed by atoms with E-state index in [1.807, 2.05) is 12.1 Å². The molecule has 1 aromatic heterocycles. The Bertz CT molecular complexity index is 904. The highest BCUT2D eigenvalue weighted by molar-refractivity contribution is 6.11. The van der Waals surface area contributed by atoms with E-state index < -0.39 is 11.9 Å². The maximum absolute atomic E-state index is 12.3. The van der Waals surface area contributed by atoms with Gasteiger partial charge in [-0.1, -0.05) is 25.1 Å². The van der Waals surface area contributed by atoms with Gasteiger partial charge in [-0.2, -0.15) is 5.26 Å². The van der Waals surface area contributed by atoms with Gasteiger partial charge in [-0.3, -0.25) is 4.79 Å². The molecule has 25 heavy (non-hydrogen) atoms. The molecule has 0 saturated heterocycles. The highest BCUT2D eigenvalue weighted by Gasteiger charge is 2.36. The number of carbonyl (C=O) groups excluding carboxylic acids is 2. The van der Waals surface area contributed by atoms with Crippen LogP contribution in [0.1, 0.15) is 41.1 Å². The van der Waals surface area contributed by atoms with Gasteiger partial charge >= 0.3 is 0 Å². The molecule has 2 aromatic rings. The Balaban J connectivity index is 1.79. The number of furan rings is 1. The second-order valence-electron chi connectivity index (χ2n) is 6.02. The summed E-state index contributed by atoms with van der Waals surface area (Å²) in [4.78, 5) is 23.3. The van der Waals surface area contributed by atoms with E-state index in [-0.39, 0.29) is 16.8 Å². The number of hydrogen-bond donors (Lipinski definition) is 1. The lowest BCUT2D eigenvalue weighted by Crippen LogP contribution is -2.25. The number of carbonyl (C=O) groups is 2. The van der Waals surface area contributed by atoms with Crippen LogP contribution in [0.5, 0.6) is 0 Å². The lowest BCUT2D eigenvalue weighted by atomic mass is 10.1. The Morgan fingerprint density at radius 1 is 1.32 bits per heavy atom. The van der Waals surface area contributed by atoms with Crippen molar-refractivity contribution in [2.24, 2.45) is 5.92 Å². The van der Waals surface area contributed by atoms with Crippen LogP contribution >= 0.6 is 0 Å². The van der Waals surface area contributed by atoms with Gasteiger partial charge in [-0.05, 0) is 30.5 Å². The molecule has 1 aliphatic rings. The van der Waals surface area contributed by atoms with Crippen LogP contribution in [-0.4, -0.2) is 11.9 Å². The van der Waals surface area contributed by atoms with E-state index in [9.17, 15) is 20.0 Å². The summed E-state index contributed by atoms with van der Waals surface area (Å²) in [6.45, 7) is 2.13. The second-order valence-corrected chi connectivity index (χ2v) is 6.02. The number of amides is 1.